The van der Waals surface area contributed by atoms with Crippen LogP contribution in [0.15, 0.2) is 18.2 Å². The zero-order valence-electron chi connectivity index (χ0n) is 11.9. The standard InChI is InChI=1S/C16H25NO2/c1-3-16(6-4-5-7-16)11-17-12(2)13-8-14(18)10-15(19)9-13/h8-10,12,17-19H,3-7,11H2,1-2H3. The summed E-state index contributed by atoms with van der Waals surface area (Å²) in [5.41, 5.74) is 1.38. The van der Waals surface area contributed by atoms with Gasteiger partial charge in [0.05, 0.1) is 0 Å². The summed E-state index contributed by atoms with van der Waals surface area (Å²) in [6.45, 7) is 5.37. The van der Waals surface area contributed by atoms with Crippen LogP contribution in [-0.2, 0) is 0 Å². The minimum Gasteiger partial charge on any atom is -0.508 e. The molecule has 3 nitrogen and oxygen atoms in total. The number of rotatable bonds is 5. The zero-order chi connectivity index (χ0) is 13.9. The average Bonchev–Trinajstić information content (AvgIpc) is 2.84. The molecule has 1 fully saturated rings. The van der Waals surface area contributed by atoms with E-state index in [-0.39, 0.29) is 17.5 Å². The third-order valence-corrected chi connectivity index (χ3v) is 4.62. The summed E-state index contributed by atoms with van der Waals surface area (Å²) in [7, 11) is 0. The van der Waals surface area contributed by atoms with E-state index in [1.807, 2.05) is 0 Å². The largest absolute Gasteiger partial charge is 0.508 e. The lowest BCUT2D eigenvalue weighted by molar-refractivity contribution is 0.258. The number of benzene rings is 1. The highest BCUT2D eigenvalue weighted by Gasteiger charge is 2.31. The second kappa shape index (κ2) is 5.83. The number of hydrogen-bond acceptors (Lipinski definition) is 3. The van der Waals surface area contributed by atoms with Gasteiger partial charge in [0.2, 0.25) is 0 Å². The molecule has 0 radical (unpaired) electrons. The first-order chi connectivity index (χ1) is 9.04. The number of phenols is 2. The van der Waals surface area contributed by atoms with Crippen LogP contribution in [0.1, 0.15) is 57.6 Å². The number of aromatic hydroxyl groups is 2. The fourth-order valence-electron chi connectivity index (χ4n) is 3.14. The third kappa shape index (κ3) is 3.41. The van der Waals surface area contributed by atoms with Crippen molar-refractivity contribution < 1.29 is 10.2 Å². The molecule has 106 valence electrons. The average molecular weight is 263 g/mol. The van der Waals surface area contributed by atoms with Crippen LogP contribution in [0.2, 0.25) is 0 Å². The van der Waals surface area contributed by atoms with Gasteiger partial charge in [-0.15, -0.1) is 0 Å². The van der Waals surface area contributed by atoms with Crippen molar-refractivity contribution in [3.8, 4) is 11.5 Å². The van der Waals surface area contributed by atoms with Crippen LogP contribution < -0.4 is 5.32 Å². The lowest BCUT2D eigenvalue weighted by Crippen LogP contribution is -2.33. The highest BCUT2D eigenvalue weighted by molar-refractivity contribution is 5.37. The van der Waals surface area contributed by atoms with Crippen molar-refractivity contribution >= 4 is 0 Å². The molecule has 0 heterocycles. The maximum Gasteiger partial charge on any atom is 0.119 e. The Morgan fingerprint density at radius 1 is 1.16 bits per heavy atom. The quantitative estimate of drug-likeness (QED) is 0.759. The Kier molecular flexibility index (Phi) is 4.35. The summed E-state index contributed by atoms with van der Waals surface area (Å²) in [4.78, 5) is 0. The molecule has 1 atom stereocenters. The van der Waals surface area contributed by atoms with Crippen LogP contribution in [0, 0.1) is 5.41 Å². The molecule has 1 unspecified atom stereocenters. The molecule has 0 amide bonds. The summed E-state index contributed by atoms with van der Waals surface area (Å²) in [5.74, 6) is 0.240. The van der Waals surface area contributed by atoms with Crippen molar-refractivity contribution in [1.29, 1.82) is 0 Å². The van der Waals surface area contributed by atoms with Crippen LogP contribution in [0.5, 0.6) is 11.5 Å². The molecule has 3 heteroatoms. The van der Waals surface area contributed by atoms with E-state index < -0.39 is 0 Å². The molecule has 1 aliphatic carbocycles. The Morgan fingerprint density at radius 2 is 1.74 bits per heavy atom. The second-order valence-corrected chi connectivity index (χ2v) is 5.95. The molecule has 1 saturated carbocycles. The van der Waals surface area contributed by atoms with Gasteiger partial charge in [-0.05, 0) is 49.3 Å². The molecule has 1 aromatic rings. The van der Waals surface area contributed by atoms with Gasteiger partial charge in [-0.25, -0.2) is 0 Å². The Hall–Kier alpha value is -1.22. The van der Waals surface area contributed by atoms with E-state index in [0.29, 0.717) is 5.41 Å². The zero-order valence-corrected chi connectivity index (χ0v) is 11.9. The van der Waals surface area contributed by atoms with Crippen molar-refractivity contribution in [3.05, 3.63) is 23.8 Å². The molecular formula is C16H25NO2. The highest BCUT2D eigenvalue weighted by atomic mass is 16.3. The molecule has 3 N–H and O–H groups in total. The minimum absolute atomic E-state index is 0.120. The van der Waals surface area contributed by atoms with Gasteiger partial charge in [-0.2, -0.15) is 0 Å². The fourth-order valence-corrected chi connectivity index (χ4v) is 3.14. The Morgan fingerprint density at radius 3 is 2.26 bits per heavy atom. The maximum atomic E-state index is 9.53. The minimum atomic E-state index is 0.120. The highest BCUT2D eigenvalue weighted by Crippen LogP contribution is 2.40. The van der Waals surface area contributed by atoms with Crippen LogP contribution >= 0.6 is 0 Å². The van der Waals surface area contributed by atoms with E-state index >= 15 is 0 Å². The van der Waals surface area contributed by atoms with E-state index in [4.69, 9.17) is 0 Å². The van der Waals surface area contributed by atoms with Gasteiger partial charge in [-0.3, -0.25) is 0 Å². The van der Waals surface area contributed by atoms with Gasteiger partial charge < -0.3 is 15.5 Å². The van der Waals surface area contributed by atoms with Gasteiger partial charge in [0, 0.05) is 18.7 Å². The summed E-state index contributed by atoms with van der Waals surface area (Å²) >= 11 is 0. The Labute approximate surface area is 115 Å². The third-order valence-electron chi connectivity index (χ3n) is 4.62. The molecule has 0 aliphatic heterocycles. The van der Waals surface area contributed by atoms with Gasteiger partial charge >= 0.3 is 0 Å². The first-order valence-electron chi connectivity index (χ1n) is 7.31. The molecule has 0 bridgehead atoms. The Bertz CT molecular complexity index is 405. The molecule has 1 aromatic carbocycles. The van der Waals surface area contributed by atoms with Crippen molar-refractivity contribution in [2.24, 2.45) is 5.41 Å². The van der Waals surface area contributed by atoms with Crippen molar-refractivity contribution in [2.75, 3.05) is 6.54 Å². The number of hydrogen-bond donors (Lipinski definition) is 3. The fraction of sp³-hybridized carbons (Fsp3) is 0.625. The van der Waals surface area contributed by atoms with E-state index in [1.54, 1.807) is 12.1 Å². The molecule has 0 aromatic heterocycles. The molecular weight excluding hydrogens is 238 g/mol. The molecule has 1 aliphatic rings. The topological polar surface area (TPSA) is 52.5 Å². The molecule has 0 spiro atoms. The maximum absolute atomic E-state index is 9.53. The van der Waals surface area contributed by atoms with Crippen LogP contribution in [0.3, 0.4) is 0 Å². The second-order valence-electron chi connectivity index (χ2n) is 5.95. The van der Waals surface area contributed by atoms with Gasteiger partial charge in [-0.1, -0.05) is 19.8 Å². The van der Waals surface area contributed by atoms with Crippen molar-refractivity contribution in [3.63, 3.8) is 0 Å². The van der Waals surface area contributed by atoms with Crippen LogP contribution in [0.4, 0.5) is 0 Å². The summed E-state index contributed by atoms with van der Waals surface area (Å²) < 4.78 is 0. The lowest BCUT2D eigenvalue weighted by atomic mass is 9.83. The lowest BCUT2D eigenvalue weighted by Gasteiger charge is -2.30. The van der Waals surface area contributed by atoms with Gasteiger partial charge in [0.15, 0.2) is 0 Å². The summed E-state index contributed by atoms with van der Waals surface area (Å²) in [6.07, 6.45) is 6.54. The van der Waals surface area contributed by atoms with Gasteiger partial charge in [0.25, 0.3) is 0 Å². The van der Waals surface area contributed by atoms with E-state index in [2.05, 4.69) is 19.2 Å². The molecule has 2 rings (SSSR count). The number of phenolic OH excluding ortho intramolecular Hbond substituents is 2. The normalized spacial score (nSPS) is 19.5. The monoisotopic (exact) mass is 263 g/mol. The van der Waals surface area contributed by atoms with Gasteiger partial charge in [0.1, 0.15) is 11.5 Å². The van der Waals surface area contributed by atoms with Crippen molar-refractivity contribution in [1.82, 2.24) is 5.32 Å². The SMILES string of the molecule is CCC1(CNC(C)c2cc(O)cc(O)c2)CCCC1. The predicted molar refractivity (Wildman–Crippen MR) is 77.4 cm³/mol. The number of nitrogens with one attached hydrogen (secondary N) is 1. The Balaban J connectivity index is 1.98. The first kappa shape index (κ1) is 14.2. The van der Waals surface area contributed by atoms with Crippen LogP contribution in [-0.4, -0.2) is 16.8 Å². The predicted octanol–water partition coefficient (Wildman–Crippen LogP) is 3.72. The van der Waals surface area contributed by atoms with Crippen LogP contribution in [0.25, 0.3) is 0 Å². The van der Waals surface area contributed by atoms with E-state index in [0.717, 1.165) is 12.1 Å². The smallest absolute Gasteiger partial charge is 0.119 e. The van der Waals surface area contributed by atoms with E-state index in [9.17, 15) is 10.2 Å². The van der Waals surface area contributed by atoms with E-state index in [1.165, 1.54) is 38.2 Å². The summed E-state index contributed by atoms with van der Waals surface area (Å²) in [5, 5.41) is 22.6. The first-order valence-corrected chi connectivity index (χ1v) is 7.31. The molecule has 19 heavy (non-hydrogen) atoms. The molecule has 0 saturated heterocycles. The van der Waals surface area contributed by atoms with Crippen molar-refractivity contribution in [2.45, 2.75) is 52.0 Å². The summed E-state index contributed by atoms with van der Waals surface area (Å²) in [6, 6.07) is 4.93.